The quantitative estimate of drug-likeness (QED) is 0.584. The molecule has 0 aromatic heterocycles. The summed E-state index contributed by atoms with van der Waals surface area (Å²) in [5.41, 5.74) is 4.95. The zero-order valence-electron chi connectivity index (χ0n) is 10.2. The van der Waals surface area contributed by atoms with Gasteiger partial charge in [0.05, 0.1) is 6.10 Å². The second-order valence-electron chi connectivity index (χ2n) is 4.64. The Bertz CT molecular complexity index is 207. The SMILES string of the molecule is CCC(C)(CNC(C)CC(N)=O)C(C)O. The summed E-state index contributed by atoms with van der Waals surface area (Å²) in [6, 6.07) is 0.0622. The van der Waals surface area contributed by atoms with Crippen LogP contribution in [0, 0.1) is 5.41 Å². The standard InChI is InChI=1S/C11H24N2O2/c1-5-11(4,9(3)14)7-13-8(2)6-10(12)15/h8-9,13-14H,5-7H2,1-4H3,(H2,12,15). The fourth-order valence-electron chi connectivity index (χ4n) is 1.35. The number of primary amides is 1. The van der Waals surface area contributed by atoms with Crippen molar-refractivity contribution in [3.05, 3.63) is 0 Å². The molecule has 4 N–H and O–H groups in total. The highest BCUT2D eigenvalue weighted by molar-refractivity contribution is 5.74. The number of carbonyl (C=O) groups is 1. The Morgan fingerprint density at radius 3 is 2.40 bits per heavy atom. The molecule has 0 spiro atoms. The van der Waals surface area contributed by atoms with Crippen LogP contribution in [-0.2, 0) is 4.79 Å². The largest absolute Gasteiger partial charge is 0.393 e. The summed E-state index contributed by atoms with van der Waals surface area (Å²) >= 11 is 0. The van der Waals surface area contributed by atoms with Gasteiger partial charge >= 0.3 is 0 Å². The van der Waals surface area contributed by atoms with Crippen molar-refractivity contribution in [3.8, 4) is 0 Å². The molecule has 0 heterocycles. The topological polar surface area (TPSA) is 75.3 Å². The molecule has 0 aliphatic rings. The van der Waals surface area contributed by atoms with Crippen LogP contribution < -0.4 is 11.1 Å². The van der Waals surface area contributed by atoms with E-state index in [9.17, 15) is 9.90 Å². The van der Waals surface area contributed by atoms with Gasteiger partial charge in [0, 0.05) is 24.4 Å². The van der Waals surface area contributed by atoms with E-state index in [2.05, 4.69) is 5.32 Å². The lowest BCUT2D eigenvalue weighted by atomic mass is 9.82. The molecule has 4 heteroatoms. The average Bonchev–Trinajstić information content (AvgIpc) is 2.12. The molecule has 0 bridgehead atoms. The number of hydrogen-bond donors (Lipinski definition) is 3. The van der Waals surface area contributed by atoms with Gasteiger partial charge in [-0.05, 0) is 20.3 Å². The fourth-order valence-corrected chi connectivity index (χ4v) is 1.35. The van der Waals surface area contributed by atoms with Gasteiger partial charge in [-0.3, -0.25) is 4.79 Å². The summed E-state index contributed by atoms with van der Waals surface area (Å²) < 4.78 is 0. The second kappa shape index (κ2) is 6.08. The average molecular weight is 216 g/mol. The molecule has 0 saturated heterocycles. The number of hydrogen-bond acceptors (Lipinski definition) is 3. The van der Waals surface area contributed by atoms with Crippen molar-refractivity contribution in [1.29, 1.82) is 0 Å². The van der Waals surface area contributed by atoms with E-state index >= 15 is 0 Å². The molecule has 0 saturated carbocycles. The minimum Gasteiger partial charge on any atom is -0.393 e. The van der Waals surface area contributed by atoms with Crippen molar-refractivity contribution >= 4 is 5.91 Å². The van der Waals surface area contributed by atoms with Crippen LogP contribution >= 0.6 is 0 Å². The van der Waals surface area contributed by atoms with Crippen LogP contribution in [0.25, 0.3) is 0 Å². The Morgan fingerprint density at radius 2 is 2.07 bits per heavy atom. The van der Waals surface area contributed by atoms with E-state index in [1.165, 1.54) is 0 Å². The zero-order chi connectivity index (χ0) is 12.1. The van der Waals surface area contributed by atoms with E-state index in [0.717, 1.165) is 6.42 Å². The van der Waals surface area contributed by atoms with Crippen molar-refractivity contribution in [2.45, 2.75) is 52.7 Å². The number of nitrogens with two attached hydrogens (primary N) is 1. The number of carbonyl (C=O) groups excluding carboxylic acids is 1. The molecule has 3 unspecified atom stereocenters. The highest BCUT2D eigenvalue weighted by atomic mass is 16.3. The van der Waals surface area contributed by atoms with Gasteiger partial charge in [0.15, 0.2) is 0 Å². The molecule has 0 aromatic carbocycles. The molecular formula is C11H24N2O2. The van der Waals surface area contributed by atoms with E-state index in [0.29, 0.717) is 13.0 Å². The van der Waals surface area contributed by atoms with Crippen LogP contribution in [0.2, 0.25) is 0 Å². The minimum absolute atomic E-state index is 0.0622. The monoisotopic (exact) mass is 216 g/mol. The predicted molar refractivity (Wildman–Crippen MR) is 61.4 cm³/mol. The van der Waals surface area contributed by atoms with Gasteiger partial charge < -0.3 is 16.2 Å². The van der Waals surface area contributed by atoms with Crippen LogP contribution in [0.15, 0.2) is 0 Å². The summed E-state index contributed by atoms with van der Waals surface area (Å²) in [4.78, 5) is 10.7. The van der Waals surface area contributed by atoms with Gasteiger partial charge in [-0.15, -0.1) is 0 Å². The fraction of sp³-hybridized carbons (Fsp3) is 0.909. The Labute approximate surface area is 92.2 Å². The lowest BCUT2D eigenvalue weighted by Crippen LogP contribution is -2.43. The van der Waals surface area contributed by atoms with Crippen molar-refractivity contribution in [1.82, 2.24) is 5.32 Å². The summed E-state index contributed by atoms with van der Waals surface area (Å²) in [5.74, 6) is -0.301. The maximum absolute atomic E-state index is 10.7. The van der Waals surface area contributed by atoms with E-state index in [1.54, 1.807) is 6.92 Å². The molecule has 4 nitrogen and oxygen atoms in total. The van der Waals surface area contributed by atoms with Crippen LogP contribution in [0.1, 0.15) is 40.5 Å². The molecule has 0 aliphatic carbocycles. The van der Waals surface area contributed by atoms with Gasteiger partial charge in [0.2, 0.25) is 5.91 Å². The van der Waals surface area contributed by atoms with Gasteiger partial charge in [-0.1, -0.05) is 13.8 Å². The lowest BCUT2D eigenvalue weighted by molar-refractivity contribution is -0.118. The molecule has 0 rings (SSSR count). The van der Waals surface area contributed by atoms with Gasteiger partial charge in [-0.2, -0.15) is 0 Å². The second-order valence-corrected chi connectivity index (χ2v) is 4.64. The summed E-state index contributed by atoms with van der Waals surface area (Å²) in [6.45, 7) is 8.48. The number of aliphatic hydroxyl groups excluding tert-OH is 1. The number of nitrogens with one attached hydrogen (secondary N) is 1. The molecule has 0 aromatic rings. The first-order chi connectivity index (χ1) is 6.81. The molecule has 3 atom stereocenters. The highest BCUT2D eigenvalue weighted by Crippen LogP contribution is 2.24. The first kappa shape index (κ1) is 14.4. The molecular weight excluding hydrogens is 192 g/mol. The molecule has 0 radical (unpaired) electrons. The maximum Gasteiger partial charge on any atom is 0.218 e. The van der Waals surface area contributed by atoms with E-state index in [4.69, 9.17) is 5.73 Å². The Morgan fingerprint density at radius 1 is 1.53 bits per heavy atom. The normalized spacial score (nSPS) is 19.3. The molecule has 1 amide bonds. The summed E-state index contributed by atoms with van der Waals surface area (Å²) in [7, 11) is 0. The van der Waals surface area contributed by atoms with Crippen molar-refractivity contribution in [2.75, 3.05) is 6.54 Å². The Hall–Kier alpha value is -0.610. The smallest absolute Gasteiger partial charge is 0.218 e. The predicted octanol–water partition coefficient (Wildman–Crippen LogP) is 0.637. The third-order valence-electron chi connectivity index (χ3n) is 3.18. The van der Waals surface area contributed by atoms with Gasteiger partial charge in [0.25, 0.3) is 0 Å². The van der Waals surface area contributed by atoms with Gasteiger partial charge in [-0.25, -0.2) is 0 Å². The highest BCUT2D eigenvalue weighted by Gasteiger charge is 2.28. The summed E-state index contributed by atoms with van der Waals surface area (Å²) in [5, 5.41) is 12.9. The number of rotatable bonds is 7. The number of amides is 1. The van der Waals surface area contributed by atoms with E-state index in [1.807, 2.05) is 20.8 Å². The maximum atomic E-state index is 10.7. The Kier molecular flexibility index (Phi) is 5.83. The van der Waals surface area contributed by atoms with Crippen LogP contribution in [-0.4, -0.2) is 29.7 Å². The minimum atomic E-state index is -0.365. The lowest BCUT2D eigenvalue weighted by Gasteiger charge is -2.33. The van der Waals surface area contributed by atoms with Crippen molar-refractivity contribution in [2.24, 2.45) is 11.1 Å². The van der Waals surface area contributed by atoms with Crippen molar-refractivity contribution < 1.29 is 9.90 Å². The van der Waals surface area contributed by atoms with E-state index < -0.39 is 0 Å². The van der Waals surface area contributed by atoms with Crippen LogP contribution in [0.4, 0.5) is 0 Å². The molecule has 90 valence electrons. The first-order valence-electron chi connectivity index (χ1n) is 5.51. The van der Waals surface area contributed by atoms with Crippen LogP contribution in [0.3, 0.4) is 0 Å². The van der Waals surface area contributed by atoms with E-state index in [-0.39, 0.29) is 23.5 Å². The molecule has 15 heavy (non-hydrogen) atoms. The third-order valence-corrected chi connectivity index (χ3v) is 3.18. The van der Waals surface area contributed by atoms with Gasteiger partial charge in [0.1, 0.15) is 0 Å². The first-order valence-corrected chi connectivity index (χ1v) is 5.51. The zero-order valence-corrected chi connectivity index (χ0v) is 10.2. The van der Waals surface area contributed by atoms with Crippen molar-refractivity contribution in [3.63, 3.8) is 0 Å². The Balaban J connectivity index is 4.06. The third kappa shape index (κ3) is 5.14. The molecule has 0 fully saturated rings. The number of aliphatic hydroxyl groups is 1. The molecule has 0 aliphatic heterocycles. The van der Waals surface area contributed by atoms with Crippen LogP contribution in [0.5, 0.6) is 0 Å². The summed E-state index contributed by atoms with van der Waals surface area (Å²) in [6.07, 6.45) is 0.858.